The Hall–Kier alpha value is -9.61. The molecule has 111 heavy (non-hydrogen) atoms. The molecule has 23 N–H and O–H groups in total. The van der Waals surface area contributed by atoms with Crippen LogP contribution in [0.2, 0.25) is 5.02 Å². The van der Waals surface area contributed by atoms with E-state index in [2.05, 4.69) is 42.5 Å². The number of phenolic OH excluding ortho intramolecular Hbond substituents is 3. The molecule has 3 saturated heterocycles. The second-order valence-corrected chi connectivity index (χ2v) is 29.8. The van der Waals surface area contributed by atoms with Gasteiger partial charge in [0.25, 0.3) is 0 Å². The number of amides is 8. The second kappa shape index (κ2) is 33.4. The lowest BCUT2D eigenvalue weighted by Crippen LogP contribution is -2.64. The first kappa shape index (κ1) is 82.4. The fraction of sp³-hybridized carbons (Fsp3) is 0.486. The highest BCUT2D eigenvalue weighted by molar-refractivity contribution is 6.32. The molecule has 600 valence electrons. The molecule has 5 aromatic carbocycles. The van der Waals surface area contributed by atoms with Crippen molar-refractivity contribution < 1.29 is 122 Å². The lowest BCUT2D eigenvalue weighted by molar-refractivity contribution is -0.333. The topological polar surface area (TPSA) is 567 Å². The van der Waals surface area contributed by atoms with Crippen LogP contribution in [0, 0.1) is 5.92 Å². The summed E-state index contributed by atoms with van der Waals surface area (Å²) in [6.07, 6.45) is -22.1. The molecule has 8 aliphatic rings. The van der Waals surface area contributed by atoms with E-state index in [4.69, 9.17) is 66.7 Å². The Morgan fingerprint density at radius 1 is 0.667 bits per heavy atom. The van der Waals surface area contributed by atoms with E-state index in [9.17, 15) is 65.1 Å². The number of rotatable bonds is 15. The number of fused-ring (bicyclic) bond motifs is 15. The molecule has 8 heterocycles. The van der Waals surface area contributed by atoms with E-state index >= 15 is 19.2 Å². The van der Waals surface area contributed by atoms with Gasteiger partial charge in [-0.2, -0.15) is 0 Å². The number of aliphatic hydroxyl groups excluding tert-OH is 6. The first-order chi connectivity index (χ1) is 52.4. The van der Waals surface area contributed by atoms with Gasteiger partial charge in [-0.1, -0.05) is 49.7 Å². The van der Waals surface area contributed by atoms with Crippen molar-refractivity contribution >= 4 is 58.9 Å². The maximum Gasteiger partial charge on any atom is 0.248 e. The van der Waals surface area contributed by atoms with Crippen molar-refractivity contribution in [2.45, 2.75) is 201 Å². The molecule has 3 fully saturated rings. The zero-order valence-corrected chi connectivity index (χ0v) is 62.2. The largest absolute Gasteiger partial charge is 0.508 e. The van der Waals surface area contributed by atoms with Crippen LogP contribution in [-0.4, -0.2) is 217 Å². The summed E-state index contributed by atoms with van der Waals surface area (Å²) in [5.74, 6) is -14.1. The number of hydrogen-bond acceptors (Lipinski definition) is 28. The Morgan fingerprint density at radius 2 is 1.27 bits per heavy atom. The Kier molecular flexibility index (Phi) is 24.8. The summed E-state index contributed by atoms with van der Waals surface area (Å²) in [5, 5.41) is 124. The Balaban J connectivity index is 1.18. The molecule has 13 rings (SSSR count). The van der Waals surface area contributed by atoms with Gasteiger partial charge in [0, 0.05) is 48.2 Å². The van der Waals surface area contributed by atoms with Crippen molar-refractivity contribution in [2.24, 2.45) is 23.1 Å². The van der Waals surface area contributed by atoms with Crippen LogP contribution in [0.5, 0.6) is 46.0 Å². The number of carbonyl (C=O) groups is 8. The number of hydrogen-bond donors (Lipinski definition) is 20. The van der Waals surface area contributed by atoms with Gasteiger partial charge >= 0.3 is 0 Å². The zero-order valence-electron chi connectivity index (χ0n) is 61.4. The first-order valence-electron chi connectivity index (χ1n) is 35.7. The normalized spacial score (nSPS) is 32.0. The Bertz CT molecular complexity index is 4370. The fourth-order valence-electron chi connectivity index (χ4n) is 14.4. The molecule has 5 aromatic rings. The molecule has 37 heteroatoms. The van der Waals surface area contributed by atoms with Crippen LogP contribution in [0.3, 0.4) is 0 Å². The minimum atomic E-state index is -2.32. The van der Waals surface area contributed by atoms with Crippen LogP contribution < -0.4 is 73.9 Å². The number of carbonyl (C=O) groups excluding carboxylic acids is 8. The summed E-state index contributed by atoms with van der Waals surface area (Å²) < 4.78 is 51.9. The van der Waals surface area contributed by atoms with Crippen molar-refractivity contribution in [1.82, 2.24) is 42.5 Å². The number of benzene rings is 5. The number of nitrogens with one attached hydrogen (secondary N) is 8. The molecular formula is C74H92ClN11O25. The van der Waals surface area contributed by atoms with Gasteiger partial charge in [0.2, 0.25) is 59.3 Å². The highest BCUT2D eigenvalue weighted by Gasteiger charge is 2.52. The molecule has 0 aliphatic carbocycles. The molecule has 0 saturated carbocycles. The van der Waals surface area contributed by atoms with Crippen LogP contribution in [-0.2, 0) is 62.0 Å². The maximum atomic E-state index is 16.4. The number of ether oxygens (including phenoxy) is 8. The number of aromatic hydroxyl groups is 3. The van der Waals surface area contributed by atoms with E-state index in [0.29, 0.717) is 0 Å². The van der Waals surface area contributed by atoms with E-state index in [-0.39, 0.29) is 69.5 Å². The number of aliphatic hydroxyl groups is 6. The average molecular weight is 1570 g/mol. The third-order valence-electron chi connectivity index (χ3n) is 20.3. The SMILES string of the molecule is CNC(=O)[C@H]1NC(=O)[C@H]2NC(=O)[C@H](NC(=O)[C@@H]3NC(=O)[C@H](CC(N)=O)NC(=O)[C@H](NC(=O)[C@@H](CC(C)C)NC)[C@H](O)c4ccc(c(Cl)c4)Oc4cc3cc(c4OC3O[C@H](CO)[C@@H](O)[C@H](O)[C@H]3O[C@H]3C[C@](C)(N)[C@@H](O)[C@H](C)O3)Oc3ccc(cc3)[C@H]2O[C@H]2C[C@](C)(N)[C@@H](O)[C@H](C)O2)c2ccc(O)c(c2)-c2c(O)cc(O)cc21. The highest BCUT2D eigenvalue weighted by Crippen LogP contribution is 2.50. The lowest BCUT2D eigenvalue weighted by Gasteiger charge is -2.47. The number of primary amides is 1. The first-order valence-corrected chi connectivity index (χ1v) is 36.1. The van der Waals surface area contributed by atoms with E-state index in [1.807, 2.05) is 13.8 Å². The van der Waals surface area contributed by atoms with Crippen molar-refractivity contribution in [3.05, 3.63) is 118 Å². The Labute approximate surface area is 640 Å². The molecule has 0 aromatic heterocycles. The third kappa shape index (κ3) is 17.7. The molecule has 8 amide bonds. The molecule has 8 aliphatic heterocycles. The molecule has 11 bridgehead atoms. The highest BCUT2D eigenvalue weighted by atomic mass is 35.5. The average Bonchev–Trinajstić information content (AvgIpc) is 0.755. The van der Waals surface area contributed by atoms with Gasteiger partial charge in [0.1, 0.15) is 95.5 Å². The molecule has 1 unspecified atom stereocenters. The van der Waals surface area contributed by atoms with Gasteiger partial charge in [-0.3, -0.25) is 38.4 Å². The van der Waals surface area contributed by atoms with Gasteiger partial charge in [0.15, 0.2) is 30.2 Å². The summed E-state index contributed by atoms with van der Waals surface area (Å²) in [7, 11) is 2.69. The van der Waals surface area contributed by atoms with Crippen molar-refractivity contribution in [2.75, 3.05) is 20.7 Å². The van der Waals surface area contributed by atoms with Gasteiger partial charge in [-0.25, -0.2) is 0 Å². The number of nitrogens with two attached hydrogens (primary N) is 3. The summed E-state index contributed by atoms with van der Waals surface area (Å²) in [6.45, 7) is 8.74. The van der Waals surface area contributed by atoms with Gasteiger partial charge in [-0.15, -0.1) is 0 Å². The molecule has 36 nitrogen and oxygen atoms in total. The predicted molar refractivity (Wildman–Crippen MR) is 387 cm³/mol. The quantitative estimate of drug-likeness (QED) is 0.0619. The van der Waals surface area contributed by atoms with Crippen LogP contribution in [0.15, 0.2) is 84.9 Å². The van der Waals surface area contributed by atoms with Crippen molar-refractivity contribution in [3.8, 4) is 57.1 Å². The smallest absolute Gasteiger partial charge is 0.248 e. The second-order valence-electron chi connectivity index (χ2n) is 29.4. The van der Waals surface area contributed by atoms with Crippen LogP contribution in [0.1, 0.15) is 125 Å². The molecule has 0 radical (unpaired) electrons. The monoisotopic (exact) mass is 1570 g/mol. The minimum Gasteiger partial charge on any atom is -0.508 e. The summed E-state index contributed by atoms with van der Waals surface area (Å²) in [4.78, 5) is 121. The van der Waals surface area contributed by atoms with E-state index in [1.165, 1.54) is 78.2 Å². The number of phenols is 3. The van der Waals surface area contributed by atoms with Crippen LogP contribution >= 0.6 is 11.6 Å². The molecule has 22 atom stereocenters. The standard InChI is InChI=1S/C74H92ClN11O25/c1-28(2)17-40(79-7)65(97)85-55-57(92)33-12-16-44(39(75)19-33)107-46-21-34-20-45(61(46)111-72-62(59(94)58(93)47(27-87)108-72)110-50-26-74(6,78)64(96)30(4)105-50)106-36-13-9-31(10-14-36)60(109-49-25-73(5,77)63(95)29(3)104-49)56-71(103)84-54(67(99)80-8)38-22-35(88)23-43(90)51(38)37-18-32(11-15-42(37)89)52(68(100)86-56)83-69(101)53(34)82-66(98)41(24-48(76)91)81-70(55)102/h9-16,18-23,28-30,40-41,47,49-50,52-60,62-64,72,79,87-90,92-96H,17,24-27,77-78H2,1-8H3,(H2,76,91)(H,80,99)(H,81,102)(H,82,98)(H,83,101)(H,84,103)(H,85,97)(H,86,100)/t29-,30-,40+,41-,47+,49-,50-,52+,53+,54-,55+,56-,57+,58+,59-,60+,62+,63-,64-,72?,73-,74-/m0/s1. The zero-order chi connectivity index (χ0) is 80.7. The van der Waals surface area contributed by atoms with Gasteiger partial charge < -0.3 is 144 Å². The molecule has 0 spiro atoms. The summed E-state index contributed by atoms with van der Waals surface area (Å²) in [6, 6.07) is 2.63. The number of likely N-dealkylation sites (N-methyl/N-ethyl adjacent to an activating group) is 2. The summed E-state index contributed by atoms with van der Waals surface area (Å²) in [5.41, 5.74) is 14.2. The van der Waals surface area contributed by atoms with Crippen molar-refractivity contribution in [3.63, 3.8) is 0 Å². The minimum absolute atomic E-state index is 0.00861. The van der Waals surface area contributed by atoms with Crippen LogP contribution in [0.4, 0.5) is 0 Å². The van der Waals surface area contributed by atoms with Gasteiger partial charge in [0.05, 0.1) is 48.5 Å². The van der Waals surface area contributed by atoms with Crippen LogP contribution in [0.25, 0.3) is 11.1 Å². The number of halogens is 1. The summed E-state index contributed by atoms with van der Waals surface area (Å²) >= 11 is 7.15. The Morgan fingerprint density at radius 3 is 1.87 bits per heavy atom. The maximum absolute atomic E-state index is 16.4. The molecular weight excluding hydrogens is 1480 g/mol. The third-order valence-corrected chi connectivity index (χ3v) is 20.6. The lowest BCUT2D eigenvalue weighted by atomic mass is 9.86. The van der Waals surface area contributed by atoms with E-state index in [0.717, 1.165) is 48.5 Å². The fourth-order valence-corrected chi connectivity index (χ4v) is 14.6. The van der Waals surface area contributed by atoms with Gasteiger partial charge in [-0.05, 0) is 129 Å². The predicted octanol–water partition coefficient (Wildman–Crippen LogP) is -0.648. The van der Waals surface area contributed by atoms with Crippen molar-refractivity contribution in [1.29, 1.82) is 0 Å². The van der Waals surface area contributed by atoms with E-state index in [1.54, 1.807) is 0 Å². The van der Waals surface area contributed by atoms with E-state index < -0.39 is 239 Å².